The number of carbonyl (C=O) groups excluding carboxylic acids is 2. The maximum absolute atomic E-state index is 14.6. The molecule has 0 unspecified atom stereocenters. The average Bonchev–Trinajstić information content (AvgIpc) is 2.74. The van der Waals surface area contributed by atoms with Crippen LogP contribution in [0.15, 0.2) is 36.4 Å². The predicted molar refractivity (Wildman–Crippen MR) is 120 cm³/mol. The van der Waals surface area contributed by atoms with Gasteiger partial charge in [-0.2, -0.15) is 0 Å². The van der Waals surface area contributed by atoms with Gasteiger partial charge >= 0.3 is 6.03 Å². The lowest BCUT2D eigenvalue weighted by Crippen LogP contribution is -2.46. The molecule has 2 heterocycles. The summed E-state index contributed by atoms with van der Waals surface area (Å²) in [5.41, 5.74) is 1.12. The molecule has 3 N–H and O–H groups in total. The van der Waals surface area contributed by atoms with Gasteiger partial charge in [0, 0.05) is 17.7 Å². The summed E-state index contributed by atoms with van der Waals surface area (Å²) in [5.74, 6) is 0.104. The number of halogens is 1. The highest BCUT2D eigenvalue weighted by Gasteiger charge is 2.41. The van der Waals surface area contributed by atoms with Crippen LogP contribution >= 0.6 is 0 Å². The number of carbonyl (C=O) groups is 2. The quantitative estimate of drug-likeness (QED) is 0.579. The smallest absolute Gasteiger partial charge is 0.319 e. The number of hydrogen-bond donors (Lipinski definition) is 3. The Bertz CT molecular complexity index is 1020. The van der Waals surface area contributed by atoms with Gasteiger partial charge in [0.1, 0.15) is 11.4 Å². The van der Waals surface area contributed by atoms with Crippen LogP contribution in [0.2, 0.25) is 0 Å². The number of benzene rings is 2. The zero-order valence-electron chi connectivity index (χ0n) is 18.3. The molecular formula is C24H28FN3O4. The zero-order valence-corrected chi connectivity index (χ0v) is 18.3. The van der Waals surface area contributed by atoms with Gasteiger partial charge in [0.05, 0.1) is 11.7 Å². The Labute approximate surface area is 186 Å². The van der Waals surface area contributed by atoms with E-state index in [1.807, 2.05) is 0 Å². The van der Waals surface area contributed by atoms with Crippen molar-refractivity contribution in [1.82, 2.24) is 5.32 Å². The average molecular weight is 442 g/mol. The van der Waals surface area contributed by atoms with Crippen molar-refractivity contribution in [2.45, 2.75) is 57.6 Å². The zero-order chi connectivity index (χ0) is 22.7. The van der Waals surface area contributed by atoms with E-state index in [-0.39, 0.29) is 18.3 Å². The van der Waals surface area contributed by atoms with Crippen LogP contribution in [0, 0.1) is 5.82 Å². The van der Waals surface area contributed by atoms with Gasteiger partial charge < -0.3 is 25.4 Å². The Balaban J connectivity index is 1.55. The number of nitrogens with one attached hydrogen (secondary N) is 3. The van der Waals surface area contributed by atoms with Crippen LogP contribution in [-0.4, -0.2) is 24.1 Å². The first-order valence-electron chi connectivity index (χ1n) is 11.0. The minimum Gasteiger partial charge on any atom is -0.484 e. The van der Waals surface area contributed by atoms with E-state index in [0.717, 1.165) is 25.7 Å². The van der Waals surface area contributed by atoms with Crippen molar-refractivity contribution in [2.75, 3.05) is 17.2 Å². The number of para-hydroxylation sites is 1. The third-order valence-corrected chi connectivity index (χ3v) is 5.85. The van der Waals surface area contributed by atoms with E-state index in [4.69, 9.17) is 9.47 Å². The molecule has 0 spiro atoms. The second kappa shape index (κ2) is 9.06. The highest BCUT2D eigenvalue weighted by molar-refractivity contribution is 5.97. The summed E-state index contributed by atoms with van der Waals surface area (Å²) >= 11 is 0. The molecule has 2 aliphatic rings. The van der Waals surface area contributed by atoms with Crippen molar-refractivity contribution < 1.29 is 23.5 Å². The monoisotopic (exact) mass is 441 g/mol. The molecule has 0 aromatic heterocycles. The van der Waals surface area contributed by atoms with Crippen LogP contribution in [0.5, 0.6) is 11.5 Å². The summed E-state index contributed by atoms with van der Waals surface area (Å²) in [6.07, 6.45) is 3.90. The van der Waals surface area contributed by atoms with Crippen molar-refractivity contribution in [2.24, 2.45) is 0 Å². The van der Waals surface area contributed by atoms with E-state index >= 15 is 0 Å². The molecule has 3 amide bonds. The Kier molecular flexibility index (Phi) is 6.21. The largest absolute Gasteiger partial charge is 0.484 e. The van der Waals surface area contributed by atoms with Gasteiger partial charge in [0.25, 0.3) is 5.91 Å². The molecule has 0 saturated heterocycles. The third-order valence-electron chi connectivity index (χ3n) is 5.85. The van der Waals surface area contributed by atoms with Crippen molar-refractivity contribution in [1.29, 1.82) is 0 Å². The van der Waals surface area contributed by atoms with Crippen LogP contribution in [0.4, 0.5) is 20.6 Å². The topological polar surface area (TPSA) is 88.7 Å². The molecule has 4 rings (SSSR count). The lowest BCUT2D eigenvalue weighted by Gasteiger charge is -2.42. The third kappa shape index (κ3) is 4.49. The van der Waals surface area contributed by atoms with Gasteiger partial charge in [0.2, 0.25) is 0 Å². The molecule has 32 heavy (non-hydrogen) atoms. The van der Waals surface area contributed by atoms with Crippen LogP contribution in [-0.2, 0) is 4.79 Å². The number of anilines is 2. The predicted octanol–water partition coefficient (Wildman–Crippen LogP) is 5.14. The lowest BCUT2D eigenvalue weighted by atomic mass is 9.81. The molecule has 0 aliphatic carbocycles. The summed E-state index contributed by atoms with van der Waals surface area (Å²) in [4.78, 5) is 24.4. The fraction of sp³-hybridized carbons (Fsp3) is 0.417. The van der Waals surface area contributed by atoms with Crippen molar-refractivity contribution in [3.63, 3.8) is 0 Å². The number of urea groups is 1. The summed E-state index contributed by atoms with van der Waals surface area (Å²) in [6, 6.07) is 9.02. The van der Waals surface area contributed by atoms with Crippen molar-refractivity contribution in [3.05, 3.63) is 47.8 Å². The van der Waals surface area contributed by atoms with Crippen LogP contribution in [0.1, 0.15) is 57.6 Å². The number of ether oxygens (including phenoxy) is 2. The number of rotatable bonds is 6. The van der Waals surface area contributed by atoms with E-state index in [2.05, 4.69) is 29.8 Å². The summed E-state index contributed by atoms with van der Waals surface area (Å²) < 4.78 is 26.2. The summed E-state index contributed by atoms with van der Waals surface area (Å²) in [6.45, 7) is 4.12. The van der Waals surface area contributed by atoms with Gasteiger partial charge in [0.15, 0.2) is 18.2 Å². The maximum Gasteiger partial charge on any atom is 0.319 e. The molecular weight excluding hydrogens is 413 g/mol. The van der Waals surface area contributed by atoms with Gasteiger partial charge in [-0.1, -0.05) is 38.8 Å². The summed E-state index contributed by atoms with van der Waals surface area (Å²) in [7, 11) is 0. The molecule has 2 aliphatic heterocycles. The first kappa shape index (κ1) is 21.9. The molecule has 8 heteroatoms. The van der Waals surface area contributed by atoms with Crippen LogP contribution in [0.3, 0.4) is 0 Å². The lowest BCUT2D eigenvalue weighted by molar-refractivity contribution is -0.118. The van der Waals surface area contributed by atoms with E-state index in [0.29, 0.717) is 29.1 Å². The molecule has 0 bridgehead atoms. The van der Waals surface area contributed by atoms with Gasteiger partial charge in [-0.25, -0.2) is 9.18 Å². The molecule has 1 atom stereocenters. The molecule has 2 aromatic rings. The highest BCUT2D eigenvalue weighted by Crippen LogP contribution is 2.45. The SMILES string of the molecule is CCCC1(CCC)C[C@@H](NC(=O)Nc2ccc3c(c2)NC(=O)CO3)c2cccc(F)c2O1. The standard InChI is InChI=1S/C24H28FN3O4/c1-3-10-24(11-4-2)13-19(16-6-5-7-17(25)22(16)32-24)28-23(30)26-15-8-9-20-18(12-15)27-21(29)14-31-20/h5-9,12,19H,3-4,10-11,13-14H2,1-2H3,(H,27,29)(H2,26,28,30)/t19-/m1/s1. The van der Waals surface area contributed by atoms with Crippen molar-refractivity contribution >= 4 is 23.3 Å². The van der Waals surface area contributed by atoms with Crippen LogP contribution in [0.25, 0.3) is 0 Å². The van der Waals surface area contributed by atoms with E-state index in [1.54, 1.807) is 30.3 Å². The number of hydrogen-bond acceptors (Lipinski definition) is 4. The highest BCUT2D eigenvalue weighted by atomic mass is 19.1. The Morgan fingerprint density at radius 2 is 2.00 bits per heavy atom. The fourth-order valence-corrected chi connectivity index (χ4v) is 4.61. The van der Waals surface area contributed by atoms with Crippen molar-refractivity contribution in [3.8, 4) is 11.5 Å². The summed E-state index contributed by atoms with van der Waals surface area (Å²) in [5, 5.41) is 8.51. The van der Waals surface area contributed by atoms with Gasteiger partial charge in [-0.15, -0.1) is 0 Å². The Morgan fingerprint density at radius 3 is 2.75 bits per heavy atom. The van der Waals surface area contributed by atoms with E-state index in [9.17, 15) is 14.0 Å². The molecule has 0 fully saturated rings. The minimum atomic E-state index is -0.524. The minimum absolute atomic E-state index is 0.0305. The van der Waals surface area contributed by atoms with Gasteiger partial charge in [-0.05, 0) is 37.1 Å². The van der Waals surface area contributed by atoms with E-state index in [1.165, 1.54) is 6.07 Å². The molecule has 7 nitrogen and oxygen atoms in total. The molecule has 0 radical (unpaired) electrons. The Hall–Kier alpha value is -3.29. The molecule has 0 saturated carbocycles. The maximum atomic E-state index is 14.6. The number of amides is 3. The molecule has 2 aromatic carbocycles. The Morgan fingerprint density at radius 1 is 1.22 bits per heavy atom. The first-order chi connectivity index (χ1) is 15.4. The number of fused-ring (bicyclic) bond motifs is 2. The molecule has 170 valence electrons. The van der Waals surface area contributed by atoms with Crippen LogP contribution < -0.4 is 25.4 Å². The second-order valence-corrected chi connectivity index (χ2v) is 8.35. The fourth-order valence-electron chi connectivity index (χ4n) is 4.61. The van der Waals surface area contributed by atoms with E-state index < -0.39 is 23.5 Å². The van der Waals surface area contributed by atoms with Gasteiger partial charge in [-0.3, -0.25) is 4.79 Å². The second-order valence-electron chi connectivity index (χ2n) is 8.35. The first-order valence-corrected chi connectivity index (χ1v) is 11.0. The normalized spacial score (nSPS) is 18.3.